The summed E-state index contributed by atoms with van der Waals surface area (Å²) in [6.07, 6.45) is 3.97. The first-order valence-corrected chi connectivity index (χ1v) is 5.30. The molecule has 1 aromatic rings. The highest BCUT2D eigenvalue weighted by atomic mass is 15.2. The van der Waals surface area contributed by atoms with E-state index in [1.807, 2.05) is 6.92 Å². The topological polar surface area (TPSA) is 67.6 Å². The highest BCUT2D eigenvalue weighted by Gasteiger charge is 2.24. The molecule has 80 valence electrons. The molecule has 0 aliphatic rings. The number of H-pyrrole nitrogens is 1. The lowest BCUT2D eigenvalue weighted by Gasteiger charge is -2.19. The van der Waals surface area contributed by atoms with Crippen molar-refractivity contribution >= 4 is 0 Å². The molecule has 1 rings (SSSR count). The minimum absolute atomic E-state index is 0.392. The fraction of sp³-hybridized carbons (Fsp3) is 0.800. The number of aryl methyl sites for hydroxylation is 1. The van der Waals surface area contributed by atoms with Crippen LogP contribution in [-0.2, 0) is 12.0 Å². The van der Waals surface area contributed by atoms with Crippen LogP contribution in [0.3, 0.4) is 0 Å². The molecule has 14 heavy (non-hydrogen) atoms. The first kappa shape index (κ1) is 11.2. The van der Waals surface area contributed by atoms with E-state index in [9.17, 15) is 0 Å². The van der Waals surface area contributed by atoms with Crippen molar-refractivity contribution in [3.8, 4) is 0 Å². The van der Waals surface area contributed by atoms with Crippen LogP contribution in [0.4, 0.5) is 0 Å². The van der Waals surface area contributed by atoms with Crippen molar-refractivity contribution in [3.05, 3.63) is 11.6 Å². The summed E-state index contributed by atoms with van der Waals surface area (Å²) in [4.78, 5) is 4.40. The highest BCUT2D eigenvalue weighted by molar-refractivity contribution is 5.03. The van der Waals surface area contributed by atoms with Crippen molar-refractivity contribution < 1.29 is 0 Å². The number of hydrogen-bond donors (Lipinski definition) is 2. The Labute approximate surface area is 85.3 Å². The summed E-state index contributed by atoms with van der Waals surface area (Å²) in [7, 11) is 0. The molecule has 4 heteroatoms. The largest absolute Gasteiger partial charge is 0.319 e. The van der Waals surface area contributed by atoms with Gasteiger partial charge in [-0.15, -0.1) is 0 Å². The summed E-state index contributed by atoms with van der Waals surface area (Å²) in [6, 6.07) is 0. The summed E-state index contributed by atoms with van der Waals surface area (Å²) in [6.45, 7) is 6.22. The molecule has 0 saturated carbocycles. The monoisotopic (exact) mass is 196 g/mol. The van der Waals surface area contributed by atoms with Gasteiger partial charge in [-0.05, 0) is 19.8 Å². The van der Waals surface area contributed by atoms with Crippen LogP contribution in [0.2, 0.25) is 0 Å². The summed E-state index contributed by atoms with van der Waals surface area (Å²) in [5, 5.41) is 7.09. The van der Waals surface area contributed by atoms with Crippen molar-refractivity contribution in [2.24, 2.45) is 5.73 Å². The summed E-state index contributed by atoms with van der Waals surface area (Å²) in [5.41, 5.74) is 5.72. The van der Waals surface area contributed by atoms with E-state index in [1.165, 1.54) is 0 Å². The van der Waals surface area contributed by atoms with Gasteiger partial charge in [-0.3, -0.25) is 5.10 Å². The average Bonchev–Trinajstić information content (AvgIpc) is 2.54. The minimum Gasteiger partial charge on any atom is -0.319 e. The second kappa shape index (κ2) is 4.55. The van der Waals surface area contributed by atoms with Gasteiger partial charge in [0.15, 0.2) is 5.82 Å². The zero-order valence-corrected chi connectivity index (χ0v) is 9.30. The van der Waals surface area contributed by atoms with E-state index in [1.54, 1.807) is 0 Å². The lowest BCUT2D eigenvalue weighted by molar-refractivity contribution is 0.421. The number of nitrogens with one attached hydrogen (secondary N) is 1. The van der Waals surface area contributed by atoms with E-state index in [0.29, 0.717) is 0 Å². The molecule has 1 aromatic heterocycles. The van der Waals surface area contributed by atoms with E-state index >= 15 is 0 Å². The molecule has 0 fully saturated rings. The predicted molar refractivity (Wildman–Crippen MR) is 56.8 cm³/mol. The van der Waals surface area contributed by atoms with Gasteiger partial charge in [-0.2, -0.15) is 5.10 Å². The quantitative estimate of drug-likeness (QED) is 0.753. The van der Waals surface area contributed by atoms with Gasteiger partial charge >= 0.3 is 0 Å². The summed E-state index contributed by atoms with van der Waals surface area (Å²) < 4.78 is 0. The first-order chi connectivity index (χ1) is 6.60. The molecule has 0 aliphatic carbocycles. The van der Waals surface area contributed by atoms with Crippen LogP contribution in [-0.4, -0.2) is 15.2 Å². The van der Waals surface area contributed by atoms with E-state index < -0.39 is 5.54 Å². The molecule has 1 heterocycles. The number of aromatic amines is 1. The third-order valence-corrected chi connectivity index (χ3v) is 2.30. The highest BCUT2D eigenvalue weighted by Crippen LogP contribution is 2.19. The summed E-state index contributed by atoms with van der Waals surface area (Å²) >= 11 is 0. The van der Waals surface area contributed by atoms with Gasteiger partial charge < -0.3 is 5.73 Å². The number of nitrogens with zero attached hydrogens (tertiary/aromatic N) is 2. The second-order valence-corrected chi connectivity index (χ2v) is 4.02. The second-order valence-electron chi connectivity index (χ2n) is 4.02. The maximum atomic E-state index is 6.11. The molecule has 1 atom stereocenters. The van der Waals surface area contributed by atoms with Gasteiger partial charge in [0, 0.05) is 6.42 Å². The number of rotatable bonds is 5. The Morgan fingerprint density at radius 3 is 2.64 bits per heavy atom. The van der Waals surface area contributed by atoms with Crippen molar-refractivity contribution in [2.75, 3.05) is 0 Å². The fourth-order valence-electron chi connectivity index (χ4n) is 1.53. The van der Waals surface area contributed by atoms with Crippen LogP contribution in [0.25, 0.3) is 0 Å². The Morgan fingerprint density at radius 1 is 1.36 bits per heavy atom. The molecule has 0 radical (unpaired) electrons. The van der Waals surface area contributed by atoms with Gasteiger partial charge in [0.25, 0.3) is 0 Å². The van der Waals surface area contributed by atoms with Gasteiger partial charge in [-0.1, -0.05) is 20.3 Å². The van der Waals surface area contributed by atoms with Crippen LogP contribution in [0.5, 0.6) is 0 Å². The van der Waals surface area contributed by atoms with E-state index in [-0.39, 0.29) is 0 Å². The molecule has 0 aliphatic heterocycles. The number of nitrogens with two attached hydrogens (primary N) is 1. The first-order valence-electron chi connectivity index (χ1n) is 5.30. The third-order valence-electron chi connectivity index (χ3n) is 2.30. The molecule has 4 nitrogen and oxygen atoms in total. The van der Waals surface area contributed by atoms with Crippen LogP contribution >= 0.6 is 0 Å². The van der Waals surface area contributed by atoms with Crippen LogP contribution in [0.15, 0.2) is 0 Å². The van der Waals surface area contributed by atoms with Gasteiger partial charge in [0.1, 0.15) is 5.82 Å². The maximum Gasteiger partial charge on any atom is 0.170 e. The van der Waals surface area contributed by atoms with Gasteiger partial charge in [0.2, 0.25) is 0 Å². The van der Waals surface area contributed by atoms with Crippen molar-refractivity contribution in [3.63, 3.8) is 0 Å². The number of aromatic nitrogens is 3. The molecule has 3 N–H and O–H groups in total. The van der Waals surface area contributed by atoms with Gasteiger partial charge in [-0.25, -0.2) is 4.98 Å². The van der Waals surface area contributed by atoms with E-state index in [2.05, 4.69) is 29.0 Å². The predicted octanol–water partition coefficient (Wildman–Crippen LogP) is 1.73. The average molecular weight is 196 g/mol. The van der Waals surface area contributed by atoms with Crippen LogP contribution < -0.4 is 5.73 Å². The molecule has 0 amide bonds. The smallest absolute Gasteiger partial charge is 0.170 e. The van der Waals surface area contributed by atoms with Crippen molar-refractivity contribution in [1.82, 2.24) is 15.2 Å². The fourth-order valence-corrected chi connectivity index (χ4v) is 1.53. The Bertz CT molecular complexity index is 277. The van der Waals surface area contributed by atoms with Crippen molar-refractivity contribution in [2.45, 2.75) is 52.0 Å². The minimum atomic E-state index is -0.392. The van der Waals surface area contributed by atoms with Gasteiger partial charge in [0.05, 0.1) is 5.54 Å². The molecule has 0 aromatic carbocycles. The van der Waals surface area contributed by atoms with Crippen molar-refractivity contribution in [1.29, 1.82) is 0 Å². The SMILES string of the molecule is CCCc1nc(C(C)(N)CCC)n[nH]1. The normalized spacial score (nSPS) is 15.4. The van der Waals surface area contributed by atoms with Crippen LogP contribution in [0, 0.1) is 0 Å². The standard InChI is InChI=1S/C10H20N4/c1-4-6-8-12-9(14-13-8)10(3,11)7-5-2/h4-7,11H2,1-3H3,(H,12,13,14). The lowest BCUT2D eigenvalue weighted by Crippen LogP contribution is -2.34. The molecule has 0 bridgehead atoms. The Hall–Kier alpha value is -0.900. The zero-order chi connectivity index (χ0) is 10.6. The molecule has 1 unspecified atom stereocenters. The maximum absolute atomic E-state index is 6.11. The van der Waals surface area contributed by atoms with E-state index in [0.717, 1.165) is 37.3 Å². The zero-order valence-electron chi connectivity index (χ0n) is 9.30. The number of hydrogen-bond acceptors (Lipinski definition) is 3. The Balaban J connectivity index is 2.74. The molecular formula is C10H20N4. The summed E-state index contributed by atoms with van der Waals surface area (Å²) in [5.74, 6) is 1.68. The Kier molecular flexibility index (Phi) is 3.63. The molecule has 0 spiro atoms. The van der Waals surface area contributed by atoms with Crippen LogP contribution in [0.1, 0.15) is 51.7 Å². The molecular weight excluding hydrogens is 176 g/mol. The lowest BCUT2D eigenvalue weighted by atomic mass is 9.97. The Morgan fingerprint density at radius 2 is 2.07 bits per heavy atom. The van der Waals surface area contributed by atoms with E-state index in [4.69, 9.17) is 5.73 Å². The third kappa shape index (κ3) is 2.54. The molecule has 0 saturated heterocycles.